The number of hydrogen-bond acceptors (Lipinski definition) is 3. The maximum absolute atomic E-state index is 10.6. The minimum Gasteiger partial charge on any atom is -0.465 e. The fraction of sp³-hybridized carbons (Fsp3) is 0.312. The summed E-state index contributed by atoms with van der Waals surface area (Å²) < 4.78 is 4.95. The molecule has 2 aliphatic rings. The molecule has 0 heterocycles. The Bertz CT molecular complexity index is 247. The third-order valence-electron chi connectivity index (χ3n) is 2.48. The van der Waals surface area contributed by atoms with E-state index in [0.29, 0.717) is 6.61 Å². The van der Waals surface area contributed by atoms with Crippen LogP contribution in [0.5, 0.6) is 0 Å². The second kappa shape index (κ2) is 11.6. The number of esters is 1. The molecule has 0 N–H and O–H groups in total. The standard InChI is InChI=1S/C11H16NO2.C5H5.Fe/c1-9(13)14-8-11-6-4-5-10(11)7-12(2)3;1-2-4-5-3-1;/h4-6H,7-8H2,1-3H3;1-5H;. The molecular formula is C16H21FeNO2. The largest absolute Gasteiger partial charge is 0.465 e. The zero-order chi connectivity index (χ0) is 14.1. The van der Waals surface area contributed by atoms with Crippen molar-refractivity contribution in [2.24, 2.45) is 0 Å². The van der Waals surface area contributed by atoms with Crippen LogP contribution in [0.2, 0.25) is 0 Å². The molecule has 0 aromatic rings. The maximum atomic E-state index is 10.6. The monoisotopic (exact) mass is 315 g/mol. The van der Waals surface area contributed by atoms with E-state index in [4.69, 9.17) is 4.74 Å². The number of ether oxygens (including phenoxy) is 1. The first-order chi connectivity index (χ1) is 9.09. The molecule has 0 aliphatic heterocycles. The molecule has 0 spiro atoms. The van der Waals surface area contributed by atoms with Crippen LogP contribution in [0.15, 0.2) is 0 Å². The average Bonchev–Trinajstić information content (AvgIpc) is 2.99. The van der Waals surface area contributed by atoms with Crippen molar-refractivity contribution in [2.45, 2.75) is 6.92 Å². The van der Waals surface area contributed by atoms with Crippen LogP contribution in [0.4, 0.5) is 0 Å². The van der Waals surface area contributed by atoms with Gasteiger partial charge >= 0.3 is 5.97 Å². The molecule has 0 amide bonds. The summed E-state index contributed by atoms with van der Waals surface area (Å²) in [6.45, 7) is 2.68. The van der Waals surface area contributed by atoms with E-state index in [1.165, 1.54) is 12.8 Å². The summed E-state index contributed by atoms with van der Waals surface area (Å²) >= 11 is 0. The number of rotatable bonds is 4. The van der Waals surface area contributed by atoms with Crippen LogP contribution < -0.4 is 0 Å². The Morgan fingerprint density at radius 3 is 1.95 bits per heavy atom. The summed E-state index contributed by atoms with van der Waals surface area (Å²) in [6.07, 6.45) is 16.0. The van der Waals surface area contributed by atoms with Crippen molar-refractivity contribution in [3.05, 3.63) is 63.2 Å². The van der Waals surface area contributed by atoms with E-state index < -0.39 is 0 Å². The van der Waals surface area contributed by atoms with Crippen molar-refractivity contribution in [1.82, 2.24) is 4.90 Å². The minimum absolute atomic E-state index is 0. The van der Waals surface area contributed by atoms with Gasteiger partial charge in [0.15, 0.2) is 0 Å². The number of hydrogen-bond donors (Lipinski definition) is 0. The van der Waals surface area contributed by atoms with Crippen molar-refractivity contribution in [2.75, 3.05) is 27.2 Å². The molecule has 2 fully saturated rings. The van der Waals surface area contributed by atoms with Crippen LogP contribution >= 0.6 is 0 Å². The van der Waals surface area contributed by atoms with Gasteiger partial charge in [0, 0.05) is 42.4 Å². The normalized spacial score (nSPS) is 19.4. The van der Waals surface area contributed by atoms with Gasteiger partial charge in [-0.15, -0.1) is 0 Å². The van der Waals surface area contributed by atoms with Gasteiger partial charge in [-0.05, 0) is 65.5 Å². The molecule has 10 radical (unpaired) electrons. The van der Waals surface area contributed by atoms with Crippen LogP contribution in [-0.4, -0.2) is 38.1 Å². The zero-order valence-electron chi connectivity index (χ0n) is 12.2. The molecule has 20 heavy (non-hydrogen) atoms. The number of carbonyl (C=O) groups excluding carboxylic acids is 1. The summed E-state index contributed by atoms with van der Waals surface area (Å²) in [4.78, 5) is 12.7. The predicted octanol–water partition coefficient (Wildman–Crippen LogP) is 1.91. The van der Waals surface area contributed by atoms with Crippen LogP contribution in [0.25, 0.3) is 0 Å². The molecule has 0 saturated heterocycles. The Morgan fingerprint density at radius 1 is 1.00 bits per heavy atom. The van der Waals surface area contributed by atoms with E-state index in [0.717, 1.165) is 12.5 Å². The van der Waals surface area contributed by atoms with E-state index in [1.807, 2.05) is 59.0 Å². The van der Waals surface area contributed by atoms with Gasteiger partial charge in [0.05, 0.1) is 6.61 Å². The van der Waals surface area contributed by atoms with E-state index >= 15 is 0 Å². The van der Waals surface area contributed by atoms with E-state index in [1.54, 1.807) is 0 Å². The molecule has 110 valence electrons. The molecule has 0 aromatic heterocycles. The Labute approximate surface area is 135 Å². The van der Waals surface area contributed by atoms with Gasteiger partial charge in [-0.3, -0.25) is 4.79 Å². The second-order valence-electron chi connectivity index (χ2n) is 4.56. The first kappa shape index (κ1) is 19.9. The molecule has 3 nitrogen and oxygen atoms in total. The fourth-order valence-electron chi connectivity index (χ4n) is 1.63. The van der Waals surface area contributed by atoms with Crippen molar-refractivity contribution in [3.63, 3.8) is 0 Å². The van der Waals surface area contributed by atoms with Gasteiger partial charge in [0.1, 0.15) is 0 Å². The van der Waals surface area contributed by atoms with Gasteiger partial charge in [-0.1, -0.05) is 0 Å². The molecule has 0 unspecified atom stereocenters. The van der Waals surface area contributed by atoms with Crippen LogP contribution in [0.3, 0.4) is 0 Å². The topological polar surface area (TPSA) is 29.5 Å². The number of carbonyl (C=O) groups is 1. The Hall–Kier alpha value is -0.0505. The predicted molar refractivity (Wildman–Crippen MR) is 76.1 cm³/mol. The van der Waals surface area contributed by atoms with Gasteiger partial charge in [-0.25, -0.2) is 0 Å². The van der Waals surface area contributed by atoms with E-state index in [9.17, 15) is 4.79 Å². The summed E-state index contributed by atoms with van der Waals surface area (Å²) in [7, 11) is 4.03. The molecule has 2 rings (SSSR count). The van der Waals surface area contributed by atoms with Gasteiger partial charge in [0.2, 0.25) is 0 Å². The first-order valence-corrected chi connectivity index (χ1v) is 6.28. The second-order valence-corrected chi connectivity index (χ2v) is 4.56. The minimum atomic E-state index is -0.234. The van der Waals surface area contributed by atoms with Crippen LogP contribution in [-0.2, 0) is 26.6 Å². The quantitative estimate of drug-likeness (QED) is 0.586. The molecule has 2 aliphatic carbocycles. The molecule has 4 heteroatoms. The fourth-order valence-corrected chi connectivity index (χ4v) is 1.63. The first-order valence-electron chi connectivity index (χ1n) is 6.28. The van der Waals surface area contributed by atoms with Crippen molar-refractivity contribution in [3.8, 4) is 0 Å². The smallest absolute Gasteiger partial charge is 0.302 e. The average molecular weight is 315 g/mol. The van der Waals surface area contributed by atoms with Gasteiger partial charge in [0.25, 0.3) is 0 Å². The van der Waals surface area contributed by atoms with Gasteiger partial charge in [-0.2, -0.15) is 0 Å². The maximum Gasteiger partial charge on any atom is 0.302 e. The summed E-state index contributed by atoms with van der Waals surface area (Å²) in [5, 5.41) is 0. The Kier molecular flexibility index (Phi) is 11.6. The third kappa shape index (κ3) is 8.99. The summed E-state index contributed by atoms with van der Waals surface area (Å²) in [6, 6.07) is 0. The van der Waals surface area contributed by atoms with Gasteiger partial charge < -0.3 is 9.64 Å². The van der Waals surface area contributed by atoms with E-state index in [2.05, 4.69) is 11.3 Å². The number of nitrogens with zero attached hydrogens (tertiary/aromatic N) is 1. The van der Waals surface area contributed by atoms with Crippen LogP contribution in [0.1, 0.15) is 6.92 Å². The SMILES string of the molecule is CC(=O)OC[C]1[CH][CH][CH][C]1CN(C)C.[CH]1[CH][CH][CH][CH]1.[Fe]. The van der Waals surface area contributed by atoms with Crippen molar-refractivity contribution < 1.29 is 26.6 Å². The molecule has 0 atom stereocenters. The Morgan fingerprint density at radius 2 is 1.50 bits per heavy atom. The molecule has 2 saturated carbocycles. The molecule has 0 bridgehead atoms. The zero-order valence-corrected chi connectivity index (χ0v) is 13.3. The van der Waals surface area contributed by atoms with Crippen molar-refractivity contribution >= 4 is 5.97 Å². The Balaban J connectivity index is 0.000000507. The third-order valence-corrected chi connectivity index (χ3v) is 2.48. The molecular weight excluding hydrogens is 294 g/mol. The summed E-state index contributed by atoms with van der Waals surface area (Å²) in [5.41, 5.74) is 0. The van der Waals surface area contributed by atoms with Crippen LogP contribution in [0, 0.1) is 63.2 Å². The van der Waals surface area contributed by atoms with Crippen molar-refractivity contribution in [1.29, 1.82) is 0 Å². The summed E-state index contributed by atoms with van der Waals surface area (Å²) in [5.74, 6) is 2.08. The van der Waals surface area contributed by atoms with E-state index in [-0.39, 0.29) is 23.0 Å². The molecule has 0 aromatic carbocycles.